The van der Waals surface area contributed by atoms with E-state index in [0.717, 1.165) is 0 Å². The van der Waals surface area contributed by atoms with Gasteiger partial charge in [0.25, 0.3) is 0 Å². The third-order valence-corrected chi connectivity index (χ3v) is 4.57. The van der Waals surface area contributed by atoms with Crippen LogP contribution in [0.2, 0.25) is 12.6 Å². The van der Waals surface area contributed by atoms with Crippen molar-refractivity contribution in [1.82, 2.24) is 0 Å². The van der Waals surface area contributed by atoms with Gasteiger partial charge in [-0.2, -0.15) is 0 Å². The molecule has 1 rings (SSSR count). The molecule has 0 spiro atoms. The number of hydrogen-bond donors (Lipinski definition) is 1. The second kappa shape index (κ2) is 2.42. The smallest absolute Gasteiger partial charge is 0.301 e. The summed E-state index contributed by atoms with van der Waals surface area (Å²) in [5.41, 5.74) is 4.09. The minimum atomic E-state index is -1.61. The fraction of sp³-hybridized carbons (Fsp3) is 0.286. The van der Waals surface area contributed by atoms with E-state index in [0.29, 0.717) is 6.04 Å². The monoisotopic (exact) mass is 154 g/mol. The van der Waals surface area contributed by atoms with E-state index in [1.54, 1.807) is 0 Å². The van der Waals surface area contributed by atoms with Crippen molar-refractivity contribution in [3.8, 4) is 0 Å². The lowest BCUT2D eigenvalue weighted by Gasteiger charge is -2.11. The van der Waals surface area contributed by atoms with Gasteiger partial charge < -0.3 is 5.11 Å². The molecule has 0 amide bonds. The summed E-state index contributed by atoms with van der Waals surface area (Å²) in [5, 5.41) is 8.51. The molecule has 1 aliphatic heterocycles. The highest BCUT2D eigenvalue weighted by atomic mass is 28.3. The molecule has 0 aromatic heterocycles. The van der Waals surface area contributed by atoms with Gasteiger partial charge in [0.05, 0.1) is 0 Å². The summed E-state index contributed by atoms with van der Waals surface area (Å²) in [5.74, 6) is -0.689. The lowest BCUT2D eigenvalue weighted by Crippen LogP contribution is -2.26. The van der Waals surface area contributed by atoms with Crippen molar-refractivity contribution in [2.45, 2.75) is 12.6 Å². The Morgan fingerprint density at radius 3 is 2.40 bits per heavy atom. The summed E-state index contributed by atoms with van der Waals surface area (Å²) in [6.07, 6.45) is 3.88. The fourth-order valence-corrected chi connectivity index (χ4v) is 3.15. The highest BCUT2D eigenvalue weighted by Crippen LogP contribution is 2.17. The Bertz CT molecular complexity index is 194. The molecule has 0 atom stereocenters. The zero-order chi connectivity index (χ0) is 7.61. The predicted octanol–water partition coefficient (Wildman–Crippen LogP) is 1.35. The Balaban J connectivity index is 2.62. The summed E-state index contributed by atoms with van der Waals surface area (Å²) < 4.78 is 0. The fourth-order valence-electron chi connectivity index (χ4n) is 1.05. The molecule has 1 heterocycles. The number of aliphatic carboxylic acids is 1. The molecule has 0 aromatic rings. The van der Waals surface area contributed by atoms with Crippen molar-refractivity contribution >= 4 is 14.0 Å². The molecule has 0 fully saturated rings. The Morgan fingerprint density at radius 1 is 1.50 bits per heavy atom. The topological polar surface area (TPSA) is 37.3 Å². The van der Waals surface area contributed by atoms with E-state index in [-0.39, 0.29) is 0 Å². The average Bonchev–Trinajstić information content (AvgIpc) is 2.12. The van der Waals surface area contributed by atoms with E-state index in [9.17, 15) is 4.79 Å². The van der Waals surface area contributed by atoms with Crippen molar-refractivity contribution in [1.29, 1.82) is 0 Å². The maximum Gasteiger partial charge on any atom is 0.301 e. The normalized spacial score (nSPS) is 19.7. The predicted molar refractivity (Wildman–Crippen MR) is 42.3 cm³/mol. The molecular formula is C7H10O2Si. The van der Waals surface area contributed by atoms with Crippen LogP contribution in [0, 0.1) is 0 Å². The van der Waals surface area contributed by atoms with E-state index >= 15 is 0 Å². The average molecular weight is 154 g/mol. The summed E-state index contributed by atoms with van der Waals surface area (Å²) in [6, 6.07) is 0.319. The maximum absolute atomic E-state index is 10.3. The number of carbonyl (C=O) groups is 1. The van der Waals surface area contributed by atoms with Crippen molar-refractivity contribution < 1.29 is 9.90 Å². The summed E-state index contributed by atoms with van der Waals surface area (Å²) in [4.78, 5) is 10.3. The van der Waals surface area contributed by atoms with E-state index in [2.05, 4.69) is 0 Å². The Kier molecular flexibility index (Phi) is 1.76. The molecule has 0 aliphatic carbocycles. The largest absolute Gasteiger partial charge is 0.481 e. The van der Waals surface area contributed by atoms with Gasteiger partial charge in [0.15, 0.2) is 0 Å². The van der Waals surface area contributed by atoms with Crippen molar-refractivity contribution in [3.05, 3.63) is 23.6 Å². The molecule has 0 unspecified atom stereocenters. The van der Waals surface area contributed by atoms with Crippen LogP contribution in [0.4, 0.5) is 0 Å². The van der Waals surface area contributed by atoms with Crippen LogP contribution in [0.25, 0.3) is 0 Å². The van der Waals surface area contributed by atoms with E-state index < -0.39 is 14.0 Å². The Labute approximate surface area is 60.9 Å². The molecule has 1 N–H and O–H groups in total. The minimum Gasteiger partial charge on any atom is -0.481 e. The summed E-state index contributed by atoms with van der Waals surface area (Å²) in [6.45, 7) is 2.04. The van der Waals surface area contributed by atoms with Crippen LogP contribution < -0.4 is 0 Å². The van der Waals surface area contributed by atoms with Gasteiger partial charge >= 0.3 is 5.97 Å². The zero-order valence-electron chi connectivity index (χ0n) is 5.87. The minimum absolute atomic E-state index is 0.319. The standard InChI is InChI=1S/C7H10O2Si/c1-10(6-7(8)9)4-2-3-5-10/h2-5H,6H2,1H3,(H,8,9). The number of allylic oxidation sites excluding steroid dienone is 2. The summed E-state index contributed by atoms with van der Waals surface area (Å²) >= 11 is 0. The van der Waals surface area contributed by atoms with E-state index in [1.807, 2.05) is 30.1 Å². The lowest BCUT2D eigenvalue weighted by molar-refractivity contribution is -0.134. The van der Waals surface area contributed by atoms with E-state index in [1.165, 1.54) is 0 Å². The molecule has 10 heavy (non-hydrogen) atoms. The van der Waals surface area contributed by atoms with Gasteiger partial charge in [0.2, 0.25) is 0 Å². The molecule has 0 saturated heterocycles. The molecule has 0 aromatic carbocycles. The van der Waals surface area contributed by atoms with Crippen LogP contribution in [0.5, 0.6) is 0 Å². The van der Waals surface area contributed by atoms with E-state index in [4.69, 9.17) is 5.11 Å². The van der Waals surface area contributed by atoms with Gasteiger partial charge in [-0.15, -0.1) is 0 Å². The van der Waals surface area contributed by atoms with Gasteiger partial charge in [-0.3, -0.25) is 4.79 Å². The van der Waals surface area contributed by atoms with Gasteiger partial charge in [0, 0.05) is 6.04 Å². The third-order valence-electron chi connectivity index (χ3n) is 1.60. The Morgan fingerprint density at radius 2 is 2.00 bits per heavy atom. The van der Waals surface area contributed by atoms with Crippen LogP contribution in [-0.2, 0) is 4.79 Å². The molecular weight excluding hydrogens is 144 g/mol. The van der Waals surface area contributed by atoms with Crippen LogP contribution in [-0.4, -0.2) is 19.1 Å². The van der Waals surface area contributed by atoms with Crippen LogP contribution >= 0.6 is 0 Å². The third kappa shape index (κ3) is 1.57. The second-order valence-electron chi connectivity index (χ2n) is 2.79. The maximum atomic E-state index is 10.3. The first kappa shape index (κ1) is 7.28. The van der Waals surface area contributed by atoms with Gasteiger partial charge in [0.1, 0.15) is 8.07 Å². The molecule has 0 radical (unpaired) electrons. The second-order valence-corrected chi connectivity index (χ2v) is 6.83. The highest BCUT2D eigenvalue weighted by Gasteiger charge is 2.25. The molecule has 0 bridgehead atoms. The molecule has 54 valence electrons. The molecule has 1 aliphatic rings. The van der Waals surface area contributed by atoms with Crippen LogP contribution in [0.3, 0.4) is 0 Å². The van der Waals surface area contributed by atoms with Crippen LogP contribution in [0.15, 0.2) is 23.6 Å². The molecule has 2 nitrogen and oxygen atoms in total. The van der Waals surface area contributed by atoms with Gasteiger partial charge in [-0.25, -0.2) is 0 Å². The SMILES string of the molecule is C[Si]1(CC(=O)O)C=CC=C1. The first-order valence-electron chi connectivity index (χ1n) is 3.21. The first-order valence-corrected chi connectivity index (χ1v) is 6.07. The quantitative estimate of drug-likeness (QED) is 0.610. The highest BCUT2D eigenvalue weighted by molar-refractivity contribution is 6.90. The van der Waals surface area contributed by atoms with Crippen molar-refractivity contribution in [2.75, 3.05) is 0 Å². The Hall–Kier alpha value is -0.833. The molecule has 3 heteroatoms. The molecule has 0 saturated carbocycles. The number of hydrogen-bond acceptors (Lipinski definition) is 1. The summed E-state index contributed by atoms with van der Waals surface area (Å²) in [7, 11) is -1.61. The first-order chi connectivity index (χ1) is 4.62. The van der Waals surface area contributed by atoms with Gasteiger partial charge in [-0.05, 0) is 0 Å². The van der Waals surface area contributed by atoms with Gasteiger partial charge in [-0.1, -0.05) is 30.1 Å². The number of rotatable bonds is 2. The lowest BCUT2D eigenvalue weighted by atomic mass is 10.6. The zero-order valence-corrected chi connectivity index (χ0v) is 6.87. The van der Waals surface area contributed by atoms with Crippen molar-refractivity contribution in [2.24, 2.45) is 0 Å². The van der Waals surface area contributed by atoms with Crippen LogP contribution in [0.1, 0.15) is 0 Å². The number of carboxylic acids is 1. The van der Waals surface area contributed by atoms with Crippen molar-refractivity contribution in [3.63, 3.8) is 0 Å². The number of carboxylic acid groups (broad SMARTS) is 1.